The number of nitrogens with one attached hydrogen (secondary N) is 1. The van der Waals surface area contributed by atoms with Gasteiger partial charge < -0.3 is 5.32 Å². The summed E-state index contributed by atoms with van der Waals surface area (Å²) in [5, 5.41) is 3.50. The van der Waals surface area contributed by atoms with E-state index in [0.717, 1.165) is 24.1 Å². The number of hydrogen-bond donors (Lipinski definition) is 1. The molecule has 1 N–H and O–H groups in total. The molecule has 1 aromatic carbocycles. The van der Waals surface area contributed by atoms with Gasteiger partial charge in [0.25, 0.3) is 0 Å². The van der Waals surface area contributed by atoms with Crippen molar-refractivity contribution >= 4 is 0 Å². The van der Waals surface area contributed by atoms with Gasteiger partial charge in [-0.15, -0.1) is 0 Å². The molecule has 1 rings (SSSR count). The number of rotatable bonds is 5. The minimum absolute atomic E-state index is 0.146. The number of hydrogen-bond acceptors (Lipinski definition) is 1. The smallest absolute Gasteiger partial charge is 0.123 e. The van der Waals surface area contributed by atoms with E-state index in [9.17, 15) is 4.39 Å². The fourth-order valence-corrected chi connectivity index (χ4v) is 2.26. The Balaban J connectivity index is 2.97. The Labute approximate surface area is 117 Å². The van der Waals surface area contributed by atoms with E-state index < -0.39 is 0 Å². The second kappa shape index (κ2) is 6.51. The summed E-state index contributed by atoms with van der Waals surface area (Å²) < 4.78 is 13.5. The Hall–Kier alpha value is -0.890. The standard InChI is InChI=1S/C17H28FN/c1-7-19-16(10-13(3)17(4,5)6)15-11-14(18)9-8-12(15)2/h8-9,11,13,16,19H,7,10H2,1-6H3. The predicted molar refractivity (Wildman–Crippen MR) is 80.8 cm³/mol. The fourth-order valence-electron chi connectivity index (χ4n) is 2.26. The van der Waals surface area contributed by atoms with Crippen LogP contribution in [0.1, 0.15) is 58.2 Å². The molecular formula is C17H28FN. The van der Waals surface area contributed by atoms with E-state index >= 15 is 0 Å². The van der Waals surface area contributed by atoms with Gasteiger partial charge in [0.15, 0.2) is 0 Å². The summed E-state index contributed by atoms with van der Waals surface area (Å²) in [5.74, 6) is 0.422. The molecule has 2 unspecified atom stereocenters. The van der Waals surface area contributed by atoms with Crippen LogP contribution in [0.25, 0.3) is 0 Å². The zero-order valence-electron chi connectivity index (χ0n) is 13.2. The largest absolute Gasteiger partial charge is 0.310 e. The molecule has 19 heavy (non-hydrogen) atoms. The molecule has 0 fully saturated rings. The zero-order valence-corrected chi connectivity index (χ0v) is 13.2. The first-order valence-corrected chi connectivity index (χ1v) is 7.25. The molecular weight excluding hydrogens is 237 g/mol. The molecule has 0 aliphatic carbocycles. The van der Waals surface area contributed by atoms with Crippen LogP contribution in [-0.4, -0.2) is 6.54 Å². The van der Waals surface area contributed by atoms with Crippen LogP contribution >= 0.6 is 0 Å². The van der Waals surface area contributed by atoms with E-state index in [1.165, 1.54) is 6.07 Å². The molecule has 0 amide bonds. The van der Waals surface area contributed by atoms with Crippen LogP contribution in [0.15, 0.2) is 18.2 Å². The van der Waals surface area contributed by atoms with Crippen molar-refractivity contribution in [2.24, 2.45) is 11.3 Å². The van der Waals surface area contributed by atoms with Crippen LogP contribution < -0.4 is 5.32 Å². The Kier molecular flexibility index (Phi) is 5.54. The molecule has 0 saturated carbocycles. The van der Waals surface area contributed by atoms with E-state index in [4.69, 9.17) is 0 Å². The third-order valence-electron chi connectivity index (χ3n) is 4.13. The van der Waals surface area contributed by atoms with Crippen LogP contribution in [0.4, 0.5) is 4.39 Å². The lowest BCUT2D eigenvalue weighted by Crippen LogP contribution is -2.28. The number of halogens is 1. The van der Waals surface area contributed by atoms with Crippen molar-refractivity contribution < 1.29 is 4.39 Å². The van der Waals surface area contributed by atoms with Crippen LogP contribution in [0.5, 0.6) is 0 Å². The number of aryl methyl sites for hydroxylation is 1. The van der Waals surface area contributed by atoms with Crippen LogP contribution in [0.2, 0.25) is 0 Å². The third kappa shape index (κ3) is 4.61. The fraction of sp³-hybridized carbons (Fsp3) is 0.647. The highest BCUT2D eigenvalue weighted by Gasteiger charge is 2.24. The van der Waals surface area contributed by atoms with Gasteiger partial charge in [-0.1, -0.05) is 40.7 Å². The quantitative estimate of drug-likeness (QED) is 0.802. The lowest BCUT2D eigenvalue weighted by atomic mass is 9.77. The average Bonchev–Trinajstić information content (AvgIpc) is 2.30. The summed E-state index contributed by atoms with van der Waals surface area (Å²) in [6.07, 6.45) is 1.03. The maximum absolute atomic E-state index is 13.5. The Morgan fingerprint density at radius 3 is 2.42 bits per heavy atom. The molecule has 108 valence electrons. The number of benzene rings is 1. The lowest BCUT2D eigenvalue weighted by molar-refractivity contribution is 0.223. The summed E-state index contributed by atoms with van der Waals surface area (Å²) in [7, 11) is 0. The van der Waals surface area contributed by atoms with Gasteiger partial charge in [-0.3, -0.25) is 0 Å². The first kappa shape index (κ1) is 16.2. The summed E-state index contributed by atoms with van der Waals surface area (Å²) in [4.78, 5) is 0. The van der Waals surface area contributed by atoms with E-state index in [2.05, 4.69) is 46.9 Å². The predicted octanol–water partition coefficient (Wildman–Crippen LogP) is 4.86. The highest BCUT2D eigenvalue weighted by atomic mass is 19.1. The highest BCUT2D eigenvalue weighted by Crippen LogP contribution is 2.34. The van der Waals surface area contributed by atoms with E-state index in [-0.39, 0.29) is 17.3 Å². The maximum Gasteiger partial charge on any atom is 0.123 e. The Morgan fingerprint density at radius 2 is 1.89 bits per heavy atom. The van der Waals surface area contributed by atoms with Gasteiger partial charge >= 0.3 is 0 Å². The van der Waals surface area contributed by atoms with E-state index in [1.54, 1.807) is 6.07 Å². The van der Waals surface area contributed by atoms with Crippen LogP contribution in [0, 0.1) is 24.1 Å². The van der Waals surface area contributed by atoms with Crippen molar-refractivity contribution in [1.29, 1.82) is 0 Å². The molecule has 0 aliphatic heterocycles. The normalized spacial score (nSPS) is 15.3. The molecule has 2 atom stereocenters. The van der Waals surface area contributed by atoms with Gasteiger partial charge in [-0.2, -0.15) is 0 Å². The topological polar surface area (TPSA) is 12.0 Å². The van der Waals surface area contributed by atoms with Crippen molar-refractivity contribution in [1.82, 2.24) is 5.32 Å². The van der Waals surface area contributed by atoms with Gasteiger partial charge in [0.1, 0.15) is 5.82 Å². The minimum atomic E-state index is -0.146. The lowest BCUT2D eigenvalue weighted by Gasteiger charge is -2.32. The second-order valence-electron chi connectivity index (χ2n) is 6.61. The summed E-state index contributed by atoms with van der Waals surface area (Å²) >= 11 is 0. The summed E-state index contributed by atoms with van der Waals surface area (Å²) in [6, 6.07) is 5.32. The first-order valence-electron chi connectivity index (χ1n) is 7.25. The molecule has 0 saturated heterocycles. The Bertz CT molecular complexity index is 406. The highest BCUT2D eigenvalue weighted by molar-refractivity contribution is 5.29. The molecule has 0 aromatic heterocycles. The first-order chi connectivity index (χ1) is 8.75. The van der Waals surface area contributed by atoms with Gasteiger partial charge in [-0.05, 0) is 54.5 Å². The molecule has 0 bridgehead atoms. The molecule has 1 aromatic rings. The Morgan fingerprint density at radius 1 is 1.26 bits per heavy atom. The molecule has 0 spiro atoms. The SMILES string of the molecule is CCNC(CC(C)C(C)(C)C)c1cc(F)ccc1C. The van der Waals surface area contributed by atoms with Crippen molar-refractivity contribution in [3.63, 3.8) is 0 Å². The van der Waals surface area contributed by atoms with Crippen LogP contribution in [-0.2, 0) is 0 Å². The van der Waals surface area contributed by atoms with E-state index in [0.29, 0.717) is 5.92 Å². The van der Waals surface area contributed by atoms with Gasteiger partial charge in [0.05, 0.1) is 0 Å². The molecule has 0 aliphatic rings. The third-order valence-corrected chi connectivity index (χ3v) is 4.13. The zero-order chi connectivity index (χ0) is 14.6. The van der Waals surface area contributed by atoms with Gasteiger partial charge in [-0.25, -0.2) is 4.39 Å². The summed E-state index contributed by atoms with van der Waals surface area (Å²) in [6.45, 7) is 14.1. The monoisotopic (exact) mass is 265 g/mol. The molecule has 1 nitrogen and oxygen atoms in total. The molecule has 0 heterocycles. The average molecular weight is 265 g/mol. The van der Waals surface area contributed by atoms with Crippen molar-refractivity contribution in [3.8, 4) is 0 Å². The molecule has 2 heteroatoms. The minimum Gasteiger partial charge on any atom is -0.310 e. The van der Waals surface area contributed by atoms with Crippen molar-refractivity contribution in [3.05, 3.63) is 35.1 Å². The second-order valence-corrected chi connectivity index (χ2v) is 6.61. The van der Waals surface area contributed by atoms with E-state index in [1.807, 2.05) is 6.07 Å². The maximum atomic E-state index is 13.5. The van der Waals surface area contributed by atoms with Crippen molar-refractivity contribution in [2.45, 2.75) is 54.0 Å². The summed E-state index contributed by atoms with van der Waals surface area (Å²) in [5.41, 5.74) is 2.53. The molecule has 0 radical (unpaired) electrons. The van der Waals surface area contributed by atoms with Gasteiger partial charge in [0, 0.05) is 6.04 Å². The van der Waals surface area contributed by atoms with Crippen LogP contribution in [0.3, 0.4) is 0 Å². The van der Waals surface area contributed by atoms with Crippen molar-refractivity contribution in [2.75, 3.05) is 6.54 Å². The van der Waals surface area contributed by atoms with Gasteiger partial charge in [0.2, 0.25) is 0 Å².